The molecular formula is C25H29N3O5S2. The molecule has 5 rings (SSSR count). The summed E-state index contributed by atoms with van der Waals surface area (Å²) in [4.78, 5) is 5.99. The van der Waals surface area contributed by atoms with Crippen LogP contribution in [0.5, 0.6) is 5.75 Å². The van der Waals surface area contributed by atoms with Crippen molar-refractivity contribution in [1.29, 1.82) is 0 Å². The quantitative estimate of drug-likeness (QED) is 0.480. The molecule has 35 heavy (non-hydrogen) atoms. The molecule has 0 saturated carbocycles. The van der Waals surface area contributed by atoms with E-state index in [1.807, 2.05) is 24.3 Å². The van der Waals surface area contributed by atoms with E-state index in [4.69, 9.17) is 19.2 Å². The minimum atomic E-state index is -3.53. The van der Waals surface area contributed by atoms with Crippen LogP contribution in [0.1, 0.15) is 12.8 Å². The van der Waals surface area contributed by atoms with Gasteiger partial charge in [-0.15, -0.1) is 11.3 Å². The fourth-order valence-corrected chi connectivity index (χ4v) is 6.67. The lowest BCUT2D eigenvalue weighted by atomic mass is 10.1. The minimum Gasteiger partial charge on any atom is -0.497 e. The van der Waals surface area contributed by atoms with Crippen LogP contribution in [-0.4, -0.2) is 63.4 Å². The molecule has 10 heteroatoms. The summed E-state index contributed by atoms with van der Waals surface area (Å²) >= 11 is 1.56. The van der Waals surface area contributed by atoms with Crippen LogP contribution in [0.15, 0.2) is 63.8 Å². The molecule has 1 aromatic heterocycles. The van der Waals surface area contributed by atoms with E-state index in [9.17, 15) is 8.42 Å². The van der Waals surface area contributed by atoms with E-state index < -0.39 is 10.0 Å². The molecule has 0 radical (unpaired) electrons. The van der Waals surface area contributed by atoms with Gasteiger partial charge in [0.1, 0.15) is 5.75 Å². The molecule has 1 atom stereocenters. The third-order valence-corrected chi connectivity index (χ3v) is 9.04. The Morgan fingerprint density at radius 2 is 1.80 bits per heavy atom. The number of sulfonamides is 1. The number of benzene rings is 2. The van der Waals surface area contributed by atoms with E-state index in [1.54, 1.807) is 42.7 Å². The fraction of sp³-hybridized carbons (Fsp3) is 0.400. The average molecular weight is 516 g/mol. The van der Waals surface area contributed by atoms with E-state index in [0.717, 1.165) is 41.3 Å². The lowest BCUT2D eigenvalue weighted by molar-refractivity contribution is 0.0730. The summed E-state index contributed by atoms with van der Waals surface area (Å²) in [6.07, 6.45) is 2.25. The summed E-state index contributed by atoms with van der Waals surface area (Å²) in [5.41, 5.74) is 2.85. The zero-order chi connectivity index (χ0) is 24.3. The molecule has 2 aliphatic rings. The average Bonchev–Trinajstić information content (AvgIpc) is 3.56. The van der Waals surface area contributed by atoms with Crippen LogP contribution in [0.25, 0.3) is 11.3 Å². The Hall–Kier alpha value is -2.50. The molecule has 2 saturated heterocycles. The number of thiazole rings is 1. The van der Waals surface area contributed by atoms with Gasteiger partial charge >= 0.3 is 0 Å². The largest absolute Gasteiger partial charge is 0.497 e. The van der Waals surface area contributed by atoms with Gasteiger partial charge in [0.15, 0.2) is 4.80 Å². The smallest absolute Gasteiger partial charge is 0.243 e. The molecule has 0 bridgehead atoms. The molecule has 0 aliphatic carbocycles. The van der Waals surface area contributed by atoms with Gasteiger partial charge in [0.2, 0.25) is 10.0 Å². The Balaban J connectivity index is 1.46. The van der Waals surface area contributed by atoms with Crippen LogP contribution in [-0.2, 0) is 26.0 Å². The number of hydrogen-bond donors (Lipinski definition) is 0. The maximum absolute atomic E-state index is 12.9. The molecular weight excluding hydrogens is 486 g/mol. The van der Waals surface area contributed by atoms with Crippen LogP contribution in [0.2, 0.25) is 0 Å². The van der Waals surface area contributed by atoms with Gasteiger partial charge in [0, 0.05) is 25.1 Å². The summed E-state index contributed by atoms with van der Waals surface area (Å²) in [5.74, 6) is 0.812. The van der Waals surface area contributed by atoms with Crippen LogP contribution in [0, 0.1) is 0 Å². The number of ether oxygens (including phenoxy) is 3. The highest BCUT2D eigenvalue weighted by Crippen LogP contribution is 2.26. The van der Waals surface area contributed by atoms with Crippen molar-refractivity contribution in [3.05, 3.63) is 58.7 Å². The standard InChI is InChI=1S/C25H29N3O5S2/c1-31-21-8-4-19(5-9-21)24-18-34-25(28(24)17-22-3-2-14-33-22)26-20-6-10-23(11-7-20)35(29,30)27-12-15-32-16-13-27/h4-11,18,22H,2-3,12-17H2,1H3. The van der Waals surface area contributed by atoms with Gasteiger partial charge in [-0.2, -0.15) is 4.31 Å². The number of hydrogen-bond acceptors (Lipinski definition) is 7. The van der Waals surface area contributed by atoms with Crippen molar-refractivity contribution in [3.8, 4) is 17.0 Å². The highest BCUT2D eigenvalue weighted by atomic mass is 32.2. The molecule has 0 amide bonds. The highest BCUT2D eigenvalue weighted by Gasteiger charge is 2.26. The van der Waals surface area contributed by atoms with Gasteiger partial charge in [0.25, 0.3) is 0 Å². The zero-order valence-corrected chi connectivity index (χ0v) is 21.3. The molecule has 2 fully saturated rings. The second kappa shape index (κ2) is 10.6. The first-order valence-corrected chi connectivity index (χ1v) is 14.0. The summed E-state index contributed by atoms with van der Waals surface area (Å²) in [7, 11) is -1.87. The minimum absolute atomic E-state index is 0.154. The van der Waals surface area contributed by atoms with Crippen molar-refractivity contribution in [3.63, 3.8) is 0 Å². The fourth-order valence-electron chi connectivity index (χ4n) is 4.32. The maximum Gasteiger partial charge on any atom is 0.243 e. The number of methoxy groups -OCH3 is 1. The van der Waals surface area contributed by atoms with Gasteiger partial charge in [0.05, 0.1) is 49.2 Å². The van der Waals surface area contributed by atoms with E-state index in [1.165, 1.54) is 4.31 Å². The number of rotatable bonds is 7. The summed E-state index contributed by atoms with van der Waals surface area (Å²) in [6.45, 7) is 3.10. The van der Waals surface area contributed by atoms with Crippen LogP contribution >= 0.6 is 11.3 Å². The molecule has 2 aliphatic heterocycles. The molecule has 0 N–H and O–H groups in total. The second-order valence-corrected chi connectivity index (χ2v) is 11.3. The predicted octanol–water partition coefficient (Wildman–Crippen LogP) is 3.66. The first-order chi connectivity index (χ1) is 17.0. The first kappa shape index (κ1) is 24.2. The van der Waals surface area contributed by atoms with Gasteiger partial charge < -0.3 is 18.8 Å². The normalized spacial score (nSPS) is 19.8. The molecule has 3 aromatic rings. The molecule has 0 spiro atoms. The molecule has 8 nitrogen and oxygen atoms in total. The highest BCUT2D eigenvalue weighted by molar-refractivity contribution is 7.89. The topological polar surface area (TPSA) is 82.4 Å². The van der Waals surface area contributed by atoms with Crippen molar-refractivity contribution in [1.82, 2.24) is 8.87 Å². The lowest BCUT2D eigenvalue weighted by Crippen LogP contribution is -2.40. The molecule has 3 heterocycles. The Morgan fingerprint density at radius 1 is 1.06 bits per heavy atom. The predicted molar refractivity (Wildman–Crippen MR) is 135 cm³/mol. The Labute approximate surface area is 209 Å². The van der Waals surface area contributed by atoms with Crippen molar-refractivity contribution < 1.29 is 22.6 Å². The summed E-state index contributed by atoms with van der Waals surface area (Å²) < 4.78 is 46.0. The Kier molecular flexibility index (Phi) is 7.35. The van der Waals surface area contributed by atoms with Crippen LogP contribution in [0.3, 0.4) is 0 Å². The monoisotopic (exact) mass is 515 g/mol. The summed E-state index contributed by atoms with van der Waals surface area (Å²) in [6, 6.07) is 14.8. The number of nitrogens with zero attached hydrogens (tertiary/aromatic N) is 3. The molecule has 1 unspecified atom stereocenters. The Morgan fingerprint density at radius 3 is 2.46 bits per heavy atom. The van der Waals surface area contributed by atoms with Crippen molar-refractivity contribution in [2.75, 3.05) is 40.0 Å². The first-order valence-electron chi connectivity index (χ1n) is 11.7. The van der Waals surface area contributed by atoms with Gasteiger partial charge in [-0.1, -0.05) is 0 Å². The van der Waals surface area contributed by atoms with E-state index in [2.05, 4.69) is 9.95 Å². The third kappa shape index (κ3) is 5.36. The van der Waals surface area contributed by atoms with Gasteiger partial charge in [-0.3, -0.25) is 0 Å². The van der Waals surface area contributed by atoms with Gasteiger partial charge in [-0.25, -0.2) is 13.4 Å². The van der Waals surface area contributed by atoms with Crippen molar-refractivity contribution in [2.45, 2.75) is 30.4 Å². The molecule has 186 valence electrons. The van der Waals surface area contributed by atoms with Crippen LogP contribution in [0.4, 0.5) is 5.69 Å². The van der Waals surface area contributed by atoms with E-state index in [-0.39, 0.29) is 11.0 Å². The zero-order valence-electron chi connectivity index (χ0n) is 19.6. The second-order valence-electron chi connectivity index (χ2n) is 8.50. The molecule has 2 aromatic carbocycles. The lowest BCUT2D eigenvalue weighted by Gasteiger charge is -2.26. The summed E-state index contributed by atoms with van der Waals surface area (Å²) in [5, 5.41) is 2.10. The SMILES string of the molecule is COc1ccc(-c2csc(=Nc3ccc(S(=O)(=O)N4CCOCC4)cc3)n2CC2CCCO2)cc1. The third-order valence-electron chi connectivity index (χ3n) is 6.26. The Bertz CT molecular complexity index is 1300. The van der Waals surface area contributed by atoms with Gasteiger partial charge in [-0.05, 0) is 66.9 Å². The van der Waals surface area contributed by atoms with E-state index in [0.29, 0.717) is 38.5 Å². The van der Waals surface area contributed by atoms with Crippen LogP contribution < -0.4 is 9.54 Å². The number of morpholine rings is 1. The van der Waals surface area contributed by atoms with Crippen molar-refractivity contribution >= 4 is 27.0 Å². The maximum atomic E-state index is 12.9. The number of aromatic nitrogens is 1. The van der Waals surface area contributed by atoms with Crippen molar-refractivity contribution in [2.24, 2.45) is 4.99 Å². The van der Waals surface area contributed by atoms with E-state index >= 15 is 0 Å².